The Balaban J connectivity index is 2.41. The van der Waals surface area contributed by atoms with Gasteiger partial charge in [-0.15, -0.1) is 0 Å². The minimum Gasteiger partial charge on any atom is -0.497 e. The van der Waals surface area contributed by atoms with Crippen molar-refractivity contribution < 1.29 is 19.4 Å². The molecule has 1 amide bonds. The van der Waals surface area contributed by atoms with Gasteiger partial charge in [-0.3, -0.25) is 14.6 Å². The van der Waals surface area contributed by atoms with E-state index >= 15 is 0 Å². The molecule has 19 heavy (non-hydrogen) atoms. The molecule has 0 atom stereocenters. The largest absolute Gasteiger partial charge is 0.497 e. The fourth-order valence-electron chi connectivity index (χ4n) is 1.70. The number of pyridine rings is 1. The van der Waals surface area contributed by atoms with Gasteiger partial charge in [-0.25, -0.2) is 0 Å². The molecule has 0 fully saturated rings. The van der Waals surface area contributed by atoms with Crippen LogP contribution in [0.4, 0.5) is 0 Å². The molecular weight excluding hydrogens is 248 g/mol. The van der Waals surface area contributed by atoms with Crippen LogP contribution < -0.4 is 10.1 Å². The molecule has 1 aromatic carbocycles. The van der Waals surface area contributed by atoms with Crippen LogP contribution in [0.2, 0.25) is 0 Å². The number of amides is 1. The van der Waals surface area contributed by atoms with Gasteiger partial charge in [0.05, 0.1) is 18.2 Å². The summed E-state index contributed by atoms with van der Waals surface area (Å²) < 4.78 is 5.10. The Bertz CT molecular complexity index is 640. The smallest absolute Gasteiger partial charge is 0.322 e. The molecular formula is C13H12N2O4. The average Bonchev–Trinajstić information content (AvgIpc) is 2.43. The number of methoxy groups -OCH3 is 1. The van der Waals surface area contributed by atoms with Gasteiger partial charge in [-0.05, 0) is 24.3 Å². The third kappa shape index (κ3) is 2.79. The van der Waals surface area contributed by atoms with Gasteiger partial charge in [-0.2, -0.15) is 0 Å². The molecule has 0 unspecified atom stereocenters. The van der Waals surface area contributed by atoms with Crippen molar-refractivity contribution in [3.05, 3.63) is 36.0 Å². The van der Waals surface area contributed by atoms with Gasteiger partial charge in [0.1, 0.15) is 12.3 Å². The third-order valence-electron chi connectivity index (χ3n) is 2.59. The molecule has 0 radical (unpaired) electrons. The fraction of sp³-hybridized carbons (Fsp3) is 0.154. The molecule has 0 aliphatic heterocycles. The van der Waals surface area contributed by atoms with E-state index in [1.165, 1.54) is 13.3 Å². The lowest BCUT2D eigenvalue weighted by Crippen LogP contribution is -2.29. The number of fused-ring (bicyclic) bond motifs is 1. The number of carbonyl (C=O) groups excluding carboxylic acids is 1. The van der Waals surface area contributed by atoms with Crippen molar-refractivity contribution >= 4 is 22.8 Å². The Morgan fingerprint density at radius 2 is 2.16 bits per heavy atom. The first-order chi connectivity index (χ1) is 9.11. The number of aromatic nitrogens is 1. The summed E-state index contributed by atoms with van der Waals surface area (Å²) in [6, 6.07) is 6.72. The monoisotopic (exact) mass is 260 g/mol. The maximum atomic E-state index is 11.9. The first-order valence-corrected chi connectivity index (χ1v) is 5.54. The predicted octanol–water partition coefficient (Wildman–Crippen LogP) is 1.06. The van der Waals surface area contributed by atoms with E-state index in [-0.39, 0.29) is 0 Å². The Kier molecular flexibility index (Phi) is 3.61. The van der Waals surface area contributed by atoms with Gasteiger partial charge < -0.3 is 15.2 Å². The summed E-state index contributed by atoms with van der Waals surface area (Å²) in [5, 5.41) is 11.5. The van der Waals surface area contributed by atoms with E-state index in [0.29, 0.717) is 22.2 Å². The molecule has 6 nitrogen and oxygen atoms in total. The lowest BCUT2D eigenvalue weighted by molar-refractivity contribution is -0.135. The van der Waals surface area contributed by atoms with Crippen molar-refractivity contribution in [1.29, 1.82) is 0 Å². The van der Waals surface area contributed by atoms with Crippen LogP contribution in [-0.4, -0.2) is 35.6 Å². The highest BCUT2D eigenvalue weighted by atomic mass is 16.5. The number of benzene rings is 1. The van der Waals surface area contributed by atoms with Crippen molar-refractivity contribution in [2.45, 2.75) is 0 Å². The van der Waals surface area contributed by atoms with E-state index in [9.17, 15) is 9.59 Å². The van der Waals surface area contributed by atoms with Crippen molar-refractivity contribution in [1.82, 2.24) is 10.3 Å². The standard InChI is InChI=1S/C13H12N2O4/c1-19-8-2-3-11-10(6-8)9(4-5-14-11)13(18)15-7-12(16)17/h2-6H,7H2,1H3,(H,15,18)(H,16,17). The molecule has 1 aromatic heterocycles. The highest BCUT2D eigenvalue weighted by Crippen LogP contribution is 2.22. The first kappa shape index (κ1) is 12.8. The van der Waals surface area contributed by atoms with E-state index < -0.39 is 18.4 Å². The summed E-state index contributed by atoms with van der Waals surface area (Å²) >= 11 is 0. The van der Waals surface area contributed by atoms with E-state index in [4.69, 9.17) is 9.84 Å². The number of carbonyl (C=O) groups is 2. The van der Waals surface area contributed by atoms with Gasteiger partial charge in [0.15, 0.2) is 0 Å². The lowest BCUT2D eigenvalue weighted by Gasteiger charge is -2.07. The second kappa shape index (κ2) is 5.34. The Labute approximate surface area is 109 Å². The fourth-order valence-corrected chi connectivity index (χ4v) is 1.70. The Morgan fingerprint density at radius 1 is 1.37 bits per heavy atom. The topological polar surface area (TPSA) is 88.5 Å². The number of carboxylic acid groups (broad SMARTS) is 1. The van der Waals surface area contributed by atoms with Gasteiger partial charge in [0, 0.05) is 11.6 Å². The van der Waals surface area contributed by atoms with Crippen LogP contribution in [0.5, 0.6) is 5.75 Å². The quantitative estimate of drug-likeness (QED) is 0.858. The summed E-state index contributed by atoms with van der Waals surface area (Å²) in [4.78, 5) is 26.5. The van der Waals surface area contributed by atoms with Gasteiger partial charge in [0.25, 0.3) is 5.91 Å². The summed E-state index contributed by atoms with van der Waals surface area (Å²) in [6.07, 6.45) is 1.50. The maximum absolute atomic E-state index is 11.9. The third-order valence-corrected chi connectivity index (χ3v) is 2.59. The highest BCUT2D eigenvalue weighted by Gasteiger charge is 2.12. The zero-order valence-electron chi connectivity index (χ0n) is 10.2. The van der Waals surface area contributed by atoms with Gasteiger partial charge in [0.2, 0.25) is 0 Å². The molecule has 0 aliphatic rings. The average molecular weight is 260 g/mol. The summed E-state index contributed by atoms with van der Waals surface area (Å²) in [7, 11) is 1.53. The van der Waals surface area contributed by atoms with E-state index in [2.05, 4.69) is 10.3 Å². The minimum absolute atomic E-state index is 0.366. The van der Waals surface area contributed by atoms with Crippen LogP contribution in [0, 0.1) is 0 Å². The van der Waals surface area contributed by atoms with Gasteiger partial charge in [-0.1, -0.05) is 0 Å². The maximum Gasteiger partial charge on any atom is 0.322 e. The van der Waals surface area contributed by atoms with Crippen molar-refractivity contribution in [3.63, 3.8) is 0 Å². The first-order valence-electron chi connectivity index (χ1n) is 5.54. The minimum atomic E-state index is -1.09. The molecule has 0 saturated carbocycles. The van der Waals surface area contributed by atoms with Crippen LogP contribution >= 0.6 is 0 Å². The van der Waals surface area contributed by atoms with Crippen LogP contribution in [0.1, 0.15) is 10.4 Å². The van der Waals surface area contributed by atoms with Crippen LogP contribution in [0.3, 0.4) is 0 Å². The van der Waals surface area contributed by atoms with Crippen LogP contribution in [0.25, 0.3) is 10.9 Å². The molecule has 6 heteroatoms. The SMILES string of the molecule is COc1ccc2nccc(C(=O)NCC(=O)O)c2c1. The zero-order chi connectivity index (χ0) is 13.8. The summed E-state index contributed by atoms with van der Waals surface area (Å²) in [5.41, 5.74) is 1.01. The summed E-state index contributed by atoms with van der Waals surface area (Å²) in [6.45, 7) is -0.424. The Morgan fingerprint density at radius 3 is 2.84 bits per heavy atom. The molecule has 98 valence electrons. The van der Waals surface area contributed by atoms with Crippen LogP contribution in [-0.2, 0) is 4.79 Å². The highest BCUT2D eigenvalue weighted by molar-refractivity contribution is 6.06. The van der Waals surface area contributed by atoms with Crippen molar-refractivity contribution in [3.8, 4) is 5.75 Å². The van der Waals surface area contributed by atoms with Gasteiger partial charge >= 0.3 is 5.97 Å². The number of ether oxygens (including phenoxy) is 1. The Hall–Kier alpha value is -2.63. The molecule has 0 spiro atoms. The number of nitrogens with one attached hydrogen (secondary N) is 1. The number of nitrogens with zero attached hydrogens (tertiary/aromatic N) is 1. The second-order valence-electron chi connectivity index (χ2n) is 3.82. The number of carboxylic acids is 1. The number of rotatable bonds is 4. The molecule has 0 aliphatic carbocycles. The predicted molar refractivity (Wildman–Crippen MR) is 68.3 cm³/mol. The number of hydrogen-bond donors (Lipinski definition) is 2. The lowest BCUT2D eigenvalue weighted by atomic mass is 10.1. The molecule has 0 bridgehead atoms. The van der Waals surface area contributed by atoms with Crippen molar-refractivity contribution in [2.24, 2.45) is 0 Å². The number of hydrogen-bond acceptors (Lipinski definition) is 4. The van der Waals surface area contributed by atoms with Crippen LogP contribution in [0.15, 0.2) is 30.5 Å². The molecule has 2 N–H and O–H groups in total. The molecule has 2 aromatic rings. The normalized spacial score (nSPS) is 10.2. The van der Waals surface area contributed by atoms with E-state index in [1.54, 1.807) is 24.3 Å². The summed E-state index contributed by atoms with van der Waals surface area (Å²) in [5.74, 6) is -0.944. The van der Waals surface area contributed by atoms with Crippen molar-refractivity contribution in [2.75, 3.05) is 13.7 Å². The molecule has 1 heterocycles. The second-order valence-corrected chi connectivity index (χ2v) is 3.82. The van der Waals surface area contributed by atoms with E-state index in [1.807, 2.05) is 0 Å². The zero-order valence-corrected chi connectivity index (χ0v) is 10.2. The molecule has 0 saturated heterocycles. The van der Waals surface area contributed by atoms with E-state index in [0.717, 1.165) is 0 Å². The molecule has 2 rings (SSSR count). The number of aliphatic carboxylic acids is 1.